The highest BCUT2D eigenvalue weighted by Gasteiger charge is 2.08. The minimum atomic E-state index is -0.0999. The van der Waals surface area contributed by atoms with Gasteiger partial charge in [-0.15, -0.1) is 0 Å². The predicted octanol–water partition coefficient (Wildman–Crippen LogP) is 3.92. The number of rotatable bonds is 3. The number of para-hydroxylation sites is 1. The Kier molecular flexibility index (Phi) is 3.53. The summed E-state index contributed by atoms with van der Waals surface area (Å²) in [6.07, 6.45) is 0. The Bertz CT molecular complexity index is 596. The molecular weight excluding hydrogens is 250 g/mol. The van der Waals surface area contributed by atoms with E-state index in [1.165, 1.54) is 6.92 Å². The number of Topliss-reactive ketones (excluding diaryl/α,β-unsaturated/α-hetero) is 1. The lowest BCUT2D eigenvalue weighted by Gasteiger charge is -2.09. The Morgan fingerprint density at radius 2 is 1.94 bits per heavy atom. The molecular formula is C14H12ClNO2. The first-order valence-corrected chi connectivity index (χ1v) is 5.78. The van der Waals surface area contributed by atoms with Crippen LogP contribution in [-0.4, -0.2) is 5.78 Å². The second-order valence-corrected chi connectivity index (χ2v) is 4.24. The molecule has 2 N–H and O–H groups in total. The molecule has 0 aliphatic heterocycles. The Balaban J connectivity index is 2.33. The number of halogens is 1. The molecule has 0 saturated heterocycles. The number of ketones is 1. The highest BCUT2D eigenvalue weighted by molar-refractivity contribution is 6.32. The Morgan fingerprint density at radius 1 is 1.22 bits per heavy atom. The molecule has 0 fully saturated rings. The summed E-state index contributed by atoms with van der Waals surface area (Å²) in [7, 11) is 0. The van der Waals surface area contributed by atoms with Crippen LogP contribution in [-0.2, 0) is 0 Å². The zero-order valence-corrected chi connectivity index (χ0v) is 10.6. The molecule has 0 amide bonds. The number of nitrogen functional groups attached to an aromatic ring is 1. The van der Waals surface area contributed by atoms with Crippen molar-refractivity contribution in [3.05, 3.63) is 53.1 Å². The van der Waals surface area contributed by atoms with Gasteiger partial charge < -0.3 is 10.5 Å². The molecule has 0 bridgehead atoms. The molecule has 0 heterocycles. The lowest BCUT2D eigenvalue weighted by atomic mass is 10.1. The van der Waals surface area contributed by atoms with E-state index in [1.807, 2.05) is 12.1 Å². The zero-order chi connectivity index (χ0) is 13.1. The van der Waals surface area contributed by atoms with Crippen molar-refractivity contribution < 1.29 is 9.53 Å². The number of hydrogen-bond donors (Lipinski definition) is 1. The smallest absolute Gasteiger partial charge is 0.162 e. The van der Waals surface area contributed by atoms with Crippen LogP contribution in [0.3, 0.4) is 0 Å². The van der Waals surface area contributed by atoms with Crippen molar-refractivity contribution in [2.75, 3.05) is 5.73 Å². The SMILES string of the molecule is CC(=O)c1cc(Oc2ccccc2Cl)ccc1N. The zero-order valence-electron chi connectivity index (χ0n) is 9.81. The third-order valence-electron chi connectivity index (χ3n) is 2.47. The van der Waals surface area contributed by atoms with Crippen molar-refractivity contribution in [3.8, 4) is 11.5 Å². The average molecular weight is 262 g/mol. The van der Waals surface area contributed by atoms with Gasteiger partial charge in [0.15, 0.2) is 5.78 Å². The first-order valence-electron chi connectivity index (χ1n) is 5.41. The molecule has 4 heteroatoms. The fraction of sp³-hybridized carbons (Fsp3) is 0.0714. The molecule has 3 nitrogen and oxygen atoms in total. The van der Waals surface area contributed by atoms with Gasteiger partial charge in [0, 0.05) is 11.3 Å². The van der Waals surface area contributed by atoms with Crippen LogP contribution in [0.1, 0.15) is 17.3 Å². The Hall–Kier alpha value is -2.00. The summed E-state index contributed by atoms with van der Waals surface area (Å²) in [5, 5.41) is 0.513. The maximum atomic E-state index is 11.4. The molecule has 0 aromatic heterocycles. The number of anilines is 1. The van der Waals surface area contributed by atoms with E-state index < -0.39 is 0 Å². The van der Waals surface area contributed by atoms with Crippen molar-refractivity contribution in [3.63, 3.8) is 0 Å². The van der Waals surface area contributed by atoms with Gasteiger partial charge in [-0.1, -0.05) is 23.7 Å². The Morgan fingerprint density at radius 3 is 2.61 bits per heavy atom. The highest BCUT2D eigenvalue weighted by Crippen LogP contribution is 2.30. The van der Waals surface area contributed by atoms with Crippen molar-refractivity contribution in [2.24, 2.45) is 0 Å². The standard InChI is InChI=1S/C14H12ClNO2/c1-9(17)11-8-10(6-7-13(11)16)18-14-5-3-2-4-12(14)15/h2-8H,16H2,1H3. The summed E-state index contributed by atoms with van der Waals surface area (Å²) < 4.78 is 5.62. The van der Waals surface area contributed by atoms with Crippen LogP contribution in [0, 0.1) is 0 Å². The Labute approximate surface area is 110 Å². The van der Waals surface area contributed by atoms with Gasteiger partial charge in [0.2, 0.25) is 0 Å². The monoisotopic (exact) mass is 261 g/mol. The van der Waals surface area contributed by atoms with Gasteiger partial charge in [-0.05, 0) is 37.3 Å². The lowest BCUT2D eigenvalue weighted by molar-refractivity contribution is 0.101. The van der Waals surface area contributed by atoms with Crippen LogP contribution in [0.5, 0.6) is 11.5 Å². The maximum absolute atomic E-state index is 11.4. The molecule has 0 aliphatic carbocycles. The third kappa shape index (κ3) is 2.63. The van der Waals surface area contributed by atoms with Gasteiger partial charge in [0.05, 0.1) is 5.02 Å². The second-order valence-electron chi connectivity index (χ2n) is 3.84. The number of carbonyl (C=O) groups excluding carboxylic acids is 1. The second kappa shape index (κ2) is 5.10. The van der Waals surface area contributed by atoms with Crippen molar-refractivity contribution >= 4 is 23.1 Å². The van der Waals surface area contributed by atoms with E-state index >= 15 is 0 Å². The van der Waals surface area contributed by atoms with Crippen LogP contribution in [0.25, 0.3) is 0 Å². The van der Waals surface area contributed by atoms with E-state index in [4.69, 9.17) is 22.1 Å². The maximum Gasteiger partial charge on any atom is 0.162 e. The molecule has 0 atom stereocenters. The van der Waals surface area contributed by atoms with Crippen LogP contribution in [0.15, 0.2) is 42.5 Å². The lowest BCUT2D eigenvalue weighted by Crippen LogP contribution is -1.99. The minimum Gasteiger partial charge on any atom is -0.456 e. The van der Waals surface area contributed by atoms with Gasteiger partial charge in [-0.25, -0.2) is 0 Å². The van der Waals surface area contributed by atoms with E-state index in [2.05, 4.69) is 0 Å². The molecule has 92 valence electrons. The summed E-state index contributed by atoms with van der Waals surface area (Å²) in [6.45, 7) is 1.46. The molecule has 0 saturated carbocycles. The molecule has 2 rings (SSSR count). The fourth-order valence-electron chi connectivity index (χ4n) is 1.56. The highest BCUT2D eigenvalue weighted by atomic mass is 35.5. The predicted molar refractivity (Wildman–Crippen MR) is 72.4 cm³/mol. The summed E-state index contributed by atoms with van der Waals surface area (Å²) in [4.78, 5) is 11.4. The number of nitrogens with two attached hydrogens (primary N) is 1. The molecule has 0 aliphatic rings. The van der Waals surface area contributed by atoms with Gasteiger partial charge >= 0.3 is 0 Å². The number of carbonyl (C=O) groups is 1. The first kappa shape index (κ1) is 12.5. The van der Waals surface area contributed by atoms with Gasteiger partial charge in [0.25, 0.3) is 0 Å². The molecule has 2 aromatic carbocycles. The summed E-state index contributed by atoms with van der Waals surface area (Å²) >= 11 is 5.99. The molecule has 0 radical (unpaired) electrons. The van der Waals surface area contributed by atoms with Gasteiger partial charge in [-0.2, -0.15) is 0 Å². The largest absolute Gasteiger partial charge is 0.456 e. The van der Waals surface area contributed by atoms with Crippen LogP contribution < -0.4 is 10.5 Å². The van der Waals surface area contributed by atoms with Crippen LogP contribution in [0.2, 0.25) is 5.02 Å². The average Bonchev–Trinajstić information content (AvgIpc) is 2.34. The fourth-order valence-corrected chi connectivity index (χ4v) is 1.73. The molecule has 0 spiro atoms. The van der Waals surface area contributed by atoms with E-state index in [0.717, 1.165) is 0 Å². The van der Waals surface area contributed by atoms with Crippen LogP contribution in [0.4, 0.5) is 5.69 Å². The summed E-state index contributed by atoms with van der Waals surface area (Å²) in [5.41, 5.74) is 6.59. The minimum absolute atomic E-state index is 0.0999. The van der Waals surface area contributed by atoms with Crippen molar-refractivity contribution in [1.82, 2.24) is 0 Å². The number of hydrogen-bond acceptors (Lipinski definition) is 3. The van der Waals surface area contributed by atoms with E-state index in [9.17, 15) is 4.79 Å². The van der Waals surface area contributed by atoms with E-state index in [1.54, 1.807) is 30.3 Å². The van der Waals surface area contributed by atoms with Crippen molar-refractivity contribution in [1.29, 1.82) is 0 Å². The quantitative estimate of drug-likeness (QED) is 0.673. The summed E-state index contributed by atoms with van der Waals surface area (Å²) in [5.74, 6) is 0.970. The third-order valence-corrected chi connectivity index (χ3v) is 2.78. The number of ether oxygens (including phenoxy) is 1. The summed E-state index contributed by atoms with van der Waals surface area (Å²) in [6, 6.07) is 12.1. The number of benzene rings is 2. The topological polar surface area (TPSA) is 52.3 Å². The first-order chi connectivity index (χ1) is 8.58. The molecule has 2 aromatic rings. The van der Waals surface area contributed by atoms with Crippen LogP contribution >= 0.6 is 11.6 Å². The van der Waals surface area contributed by atoms with E-state index in [-0.39, 0.29) is 5.78 Å². The van der Waals surface area contributed by atoms with Gasteiger partial charge in [0.1, 0.15) is 11.5 Å². The molecule has 18 heavy (non-hydrogen) atoms. The van der Waals surface area contributed by atoms with E-state index in [0.29, 0.717) is 27.8 Å². The normalized spacial score (nSPS) is 10.1. The molecule has 0 unspecified atom stereocenters. The van der Waals surface area contributed by atoms with Gasteiger partial charge in [-0.3, -0.25) is 4.79 Å². The van der Waals surface area contributed by atoms with Crippen molar-refractivity contribution in [2.45, 2.75) is 6.92 Å².